The second-order valence-corrected chi connectivity index (χ2v) is 2.14. The van der Waals surface area contributed by atoms with Crippen LogP contribution in [0.3, 0.4) is 0 Å². The van der Waals surface area contributed by atoms with Gasteiger partial charge < -0.3 is 0 Å². The van der Waals surface area contributed by atoms with E-state index in [9.17, 15) is 0 Å². The fraction of sp³-hybridized carbons (Fsp3) is 0.750. The highest BCUT2D eigenvalue weighted by atomic mass is 35.5. The van der Waals surface area contributed by atoms with Gasteiger partial charge in [-0.3, -0.25) is 0 Å². The van der Waals surface area contributed by atoms with Gasteiger partial charge in [0.2, 0.25) is 0 Å². The van der Waals surface area contributed by atoms with Crippen molar-refractivity contribution in [1.29, 1.82) is 0 Å². The van der Waals surface area contributed by atoms with Gasteiger partial charge in [-0.1, -0.05) is 13.3 Å². The summed E-state index contributed by atoms with van der Waals surface area (Å²) in [5.74, 6) is 0. The Labute approximate surface area is 48.4 Å². The highest BCUT2D eigenvalue weighted by Crippen LogP contribution is 2.06. The van der Waals surface area contributed by atoms with E-state index in [2.05, 4.69) is 0 Å². The summed E-state index contributed by atoms with van der Waals surface area (Å²) in [6, 6.07) is 0. The van der Waals surface area contributed by atoms with Crippen molar-refractivity contribution in [2.45, 2.75) is 18.2 Å². The second kappa shape index (κ2) is 3.76. The molecule has 0 unspecified atom stereocenters. The first-order valence-corrected chi connectivity index (χ1v) is 2.76. The molecule has 0 N–H and O–H groups in total. The Hall–Kier alpha value is 0.580. The number of hydrogen-bond donors (Lipinski definition) is 0. The van der Waals surface area contributed by atoms with Crippen LogP contribution in [0, 0.1) is 6.42 Å². The molecule has 0 aliphatic rings. The van der Waals surface area contributed by atoms with Crippen molar-refractivity contribution in [3.63, 3.8) is 0 Å². The van der Waals surface area contributed by atoms with Crippen molar-refractivity contribution < 1.29 is 0 Å². The minimum absolute atomic E-state index is 0.282. The zero-order chi connectivity index (χ0) is 4.99. The fourth-order valence-electron chi connectivity index (χ4n) is 0.178. The van der Waals surface area contributed by atoms with Crippen molar-refractivity contribution in [3.8, 4) is 0 Å². The molecule has 6 heavy (non-hydrogen) atoms. The lowest BCUT2D eigenvalue weighted by molar-refractivity contribution is 1.07. The molecule has 0 amide bonds. The summed E-state index contributed by atoms with van der Waals surface area (Å²) in [7, 11) is 0. The second-order valence-electron chi connectivity index (χ2n) is 0.978. The SMILES string of the molecule is CC[CH]C(Cl)Cl. The molecule has 0 spiro atoms. The Morgan fingerprint density at radius 3 is 2.17 bits per heavy atom. The van der Waals surface area contributed by atoms with E-state index in [1.165, 1.54) is 0 Å². The molecule has 0 aromatic heterocycles. The lowest BCUT2D eigenvalue weighted by Gasteiger charge is -1.90. The lowest BCUT2D eigenvalue weighted by Crippen LogP contribution is -1.82. The molecular weight excluding hydrogens is 119 g/mol. The van der Waals surface area contributed by atoms with Gasteiger partial charge in [0.15, 0.2) is 0 Å². The van der Waals surface area contributed by atoms with Crippen LogP contribution in [0.2, 0.25) is 0 Å². The van der Waals surface area contributed by atoms with Crippen LogP contribution in [-0.4, -0.2) is 4.84 Å². The predicted molar refractivity (Wildman–Crippen MR) is 30.1 cm³/mol. The Bertz CT molecular complexity index is 26.7. The Morgan fingerprint density at radius 2 is 2.17 bits per heavy atom. The van der Waals surface area contributed by atoms with Crippen LogP contribution in [0.4, 0.5) is 0 Å². The van der Waals surface area contributed by atoms with Gasteiger partial charge in [-0.05, 0) is 6.42 Å². The monoisotopic (exact) mass is 125 g/mol. The molecule has 0 atom stereocenters. The van der Waals surface area contributed by atoms with Crippen LogP contribution in [0.25, 0.3) is 0 Å². The van der Waals surface area contributed by atoms with Crippen molar-refractivity contribution in [2.24, 2.45) is 0 Å². The topological polar surface area (TPSA) is 0 Å². The summed E-state index contributed by atoms with van der Waals surface area (Å²) in [6.07, 6.45) is 2.76. The van der Waals surface area contributed by atoms with Crippen LogP contribution < -0.4 is 0 Å². The van der Waals surface area contributed by atoms with Crippen LogP contribution in [0.1, 0.15) is 13.3 Å². The molecule has 0 bridgehead atoms. The highest BCUT2D eigenvalue weighted by Gasteiger charge is 1.92. The molecule has 0 heterocycles. The Kier molecular flexibility index (Phi) is 4.12. The minimum atomic E-state index is -0.282. The van der Waals surface area contributed by atoms with Crippen LogP contribution >= 0.6 is 23.2 Å². The molecule has 2 heteroatoms. The number of alkyl halides is 2. The van der Waals surface area contributed by atoms with Crippen molar-refractivity contribution >= 4 is 23.2 Å². The molecule has 0 aliphatic heterocycles. The third-order valence-electron chi connectivity index (χ3n) is 0.414. The first-order chi connectivity index (χ1) is 2.77. The molecule has 0 aromatic rings. The maximum atomic E-state index is 5.29. The summed E-state index contributed by atoms with van der Waals surface area (Å²) in [4.78, 5) is -0.282. The van der Waals surface area contributed by atoms with E-state index in [1.54, 1.807) is 0 Å². The molecule has 0 saturated carbocycles. The molecule has 0 aromatic carbocycles. The Balaban J connectivity index is 2.63. The zero-order valence-electron chi connectivity index (χ0n) is 3.62. The van der Waals surface area contributed by atoms with Gasteiger partial charge in [-0.2, -0.15) is 0 Å². The summed E-state index contributed by atoms with van der Waals surface area (Å²) in [5.41, 5.74) is 0. The summed E-state index contributed by atoms with van der Waals surface area (Å²) in [6.45, 7) is 2.00. The van der Waals surface area contributed by atoms with Crippen molar-refractivity contribution in [2.75, 3.05) is 0 Å². The minimum Gasteiger partial charge on any atom is -0.105 e. The standard InChI is InChI=1S/C4H7Cl2/c1-2-3-4(5)6/h3-4H,2H2,1H3. The lowest BCUT2D eigenvalue weighted by atomic mass is 10.4. The van der Waals surface area contributed by atoms with E-state index in [4.69, 9.17) is 23.2 Å². The van der Waals surface area contributed by atoms with E-state index >= 15 is 0 Å². The average Bonchev–Trinajstić information content (AvgIpc) is 1.35. The number of rotatable bonds is 2. The van der Waals surface area contributed by atoms with E-state index in [0.717, 1.165) is 6.42 Å². The van der Waals surface area contributed by atoms with E-state index in [1.807, 2.05) is 13.3 Å². The predicted octanol–water partition coefficient (Wildman–Crippen LogP) is 2.40. The smallest absolute Gasteiger partial charge is 0.105 e. The first kappa shape index (κ1) is 6.58. The summed E-state index contributed by atoms with van der Waals surface area (Å²) >= 11 is 10.6. The van der Waals surface area contributed by atoms with E-state index in [-0.39, 0.29) is 4.84 Å². The highest BCUT2D eigenvalue weighted by molar-refractivity contribution is 6.45. The summed E-state index contributed by atoms with van der Waals surface area (Å²) in [5, 5.41) is 0. The van der Waals surface area contributed by atoms with Crippen LogP contribution in [0.5, 0.6) is 0 Å². The van der Waals surface area contributed by atoms with Gasteiger partial charge in [0.25, 0.3) is 0 Å². The van der Waals surface area contributed by atoms with E-state index in [0.29, 0.717) is 0 Å². The molecule has 0 rings (SSSR count). The van der Waals surface area contributed by atoms with Gasteiger partial charge in [-0.15, -0.1) is 23.2 Å². The average molecular weight is 126 g/mol. The van der Waals surface area contributed by atoms with Crippen LogP contribution in [-0.2, 0) is 0 Å². The third kappa shape index (κ3) is 4.58. The fourth-order valence-corrected chi connectivity index (χ4v) is 0.535. The largest absolute Gasteiger partial charge is 0.111 e. The normalized spacial score (nSPS) is 10.0. The van der Waals surface area contributed by atoms with Gasteiger partial charge in [0.05, 0.1) is 0 Å². The van der Waals surface area contributed by atoms with Crippen LogP contribution in [0.15, 0.2) is 0 Å². The number of hydrogen-bond acceptors (Lipinski definition) is 0. The molecule has 0 nitrogen and oxygen atoms in total. The van der Waals surface area contributed by atoms with Crippen molar-refractivity contribution in [3.05, 3.63) is 6.42 Å². The van der Waals surface area contributed by atoms with Gasteiger partial charge in [-0.25, -0.2) is 0 Å². The van der Waals surface area contributed by atoms with Gasteiger partial charge in [0.1, 0.15) is 4.84 Å². The molecule has 0 aliphatic carbocycles. The molecular formula is C4H7Cl2. The first-order valence-electron chi connectivity index (χ1n) is 1.89. The quantitative estimate of drug-likeness (QED) is 0.498. The summed E-state index contributed by atoms with van der Waals surface area (Å²) < 4.78 is 0. The molecule has 37 valence electrons. The molecule has 1 radical (unpaired) electrons. The zero-order valence-corrected chi connectivity index (χ0v) is 5.13. The number of halogens is 2. The molecule has 0 saturated heterocycles. The van der Waals surface area contributed by atoms with Crippen molar-refractivity contribution in [1.82, 2.24) is 0 Å². The van der Waals surface area contributed by atoms with E-state index < -0.39 is 0 Å². The maximum absolute atomic E-state index is 5.29. The third-order valence-corrected chi connectivity index (χ3v) is 0.770. The maximum Gasteiger partial charge on any atom is 0.111 e. The Morgan fingerprint density at radius 1 is 1.67 bits per heavy atom. The molecule has 0 fully saturated rings. The van der Waals surface area contributed by atoms with Gasteiger partial charge in [0, 0.05) is 0 Å². The van der Waals surface area contributed by atoms with Gasteiger partial charge >= 0.3 is 0 Å².